The largest absolute Gasteiger partial charge is 0.384 e. The molecule has 0 spiro atoms. The molecule has 12 heavy (non-hydrogen) atoms. The van der Waals surface area contributed by atoms with Crippen LogP contribution in [0.5, 0.6) is 0 Å². The standard InChI is InChI=1S/C9H10N2O/c1-7-6-10-9(4-3-5-12)8(2)11-7/h6,12H,5H2,1-2H3. The summed E-state index contributed by atoms with van der Waals surface area (Å²) in [6, 6.07) is 0. The summed E-state index contributed by atoms with van der Waals surface area (Å²) in [6.45, 7) is 3.58. The lowest BCUT2D eigenvalue weighted by Crippen LogP contribution is -1.94. The quantitative estimate of drug-likeness (QED) is 0.563. The van der Waals surface area contributed by atoms with Gasteiger partial charge < -0.3 is 5.11 Å². The summed E-state index contributed by atoms with van der Waals surface area (Å²) in [5.74, 6) is 5.24. The summed E-state index contributed by atoms with van der Waals surface area (Å²) in [4.78, 5) is 8.25. The molecule has 0 aromatic carbocycles. The third kappa shape index (κ3) is 2.04. The Morgan fingerprint density at radius 3 is 2.83 bits per heavy atom. The molecule has 0 aliphatic carbocycles. The van der Waals surface area contributed by atoms with Crippen molar-refractivity contribution in [2.75, 3.05) is 6.61 Å². The SMILES string of the molecule is Cc1cnc(C#CCO)c(C)n1. The van der Waals surface area contributed by atoms with Crippen LogP contribution < -0.4 is 0 Å². The van der Waals surface area contributed by atoms with Crippen LogP contribution in [0.1, 0.15) is 17.1 Å². The van der Waals surface area contributed by atoms with E-state index in [0.717, 1.165) is 11.4 Å². The van der Waals surface area contributed by atoms with Gasteiger partial charge in [0, 0.05) is 6.20 Å². The third-order valence-electron chi connectivity index (χ3n) is 1.35. The van der Waals surface area contributed by atoms with Crippen LogP contribution in [0.3, 0.4) is 0 Å². The highest BCUT2D eigenvalue weighted by Gasteiger charge is 1.96. The Bertz CT molecular complexity index is 336. The molecule has 0 radical (unpaired) electrons. The number of rotatable bonds is 0. The fraction of sp³-hybridized carbons (Fsp3) is 0.333. The van der Waals surface area contributed by atoms with E-state index in [-0.39, 0.29) is 6.61 Å². The van der Waals surface area contributed by atoms with Crippen molar-refractivity contribution >= 4 is 0 Å². The van der Waals surface area contributed by atoms with E-state index in [2.05, 4.69) is 21.8 Å². The summed E-state index contributed by atoms with van der Waals surface area (Å²) in [5.41, 5.74) is 2.31. The van der Waals surface area contributed by atoms with E-state index in [4.69, 9.17) is 5.11 Å². The van der Waals surface area contributed by atoms with E-state index in [0.29, 0.717) is 5.69 Å². The number of hydrogen-bond acceptors (Lipinski definition) is 3. The topological polar surface area (TPSA) is 46.0 Å². The molecule has 0 fully saturated rings. The summed E-state index contributed by atoms with van der Waals surface area (Å²) in [5, 5.41) is 8.45. The lowest BCUT2D eigenvalue weighted by Gasteiger charge is -1.96. The Morgan fingerprint density at radius 1 is 1.50 bits per heavy atom. The second-order valence-electron chi connectivity index (χ2n) is 2.41. The summed E-state index contributed by atoms with van der Waals surface area (Å²) >= 11 is 0. The van der Waals surface area contributed by atoms with Crippen molar-refractivity contribution in [1.82, 2.24) is 9.97 Å². The lowest BCUT2D eigenvalue weighted by molar-refractivity contribution is 0.350. The Kier molecular flexibility index (Phi) is 2.78. The van der Waals surface area contributed by atoms with Crippen molar-refractivity contribution in [2.45, 2.75) is 13.8 Å². The molecule has 1 aromatic heterocycles. The third-order valence-corrected chi connectivity index (χ3v) is 1.35. The molecule has 3 nitrogen and oxygen atoms in total. The van der Waals surface area contributed by atoms with E-state index < -0.39 is 0 Å². The van der Waals surface area contributed by atoms with Crippen LogP contribution in [-0.2, 0) is 0 Å². The molecule has 1 aromatic rings. The van der Waals surface area contributed by atoms with Gasteiger partial charge in [-0.3, -0.25) is 4.98 Å². The van der Waals surface area contributed by atoms with Crippen LogP contribution in [0, 0.1) is 25.7 Å². The van der Waals surface area contributed by atoms with Gasteiger partial charge in [0.2, 0.25) is 0 Å². The van der Waals surface area contributed by atoms with Crippen LogP contribution in [0.4, 0.5) is 0 Å². The molecule has 62 valence electrons. The summed E-state index contributed by atoms with van der Waals surface area (Å²) in [6.07, 6.45) is 1.66. The average molecular weight is 162 g/mol. The molecule has 0 bridgehead atoms. The number of hydrogen-bond donors (Lipinski definition) is 1. The van der Waals surface area contributed by atoms with E-state index in [1.807, 2.05) is 13.8 Å². The molecule has 3 heteroatoms. The van der Waals surface area contributed by atoms with E-state index in [1.165, 1.54) is 0 Å². The van der Waals surface area contributed by atoms with Crippen LogP contribution >= 0.6 is 0 Å². The van der Waals surface area contributed by atoms with Gasteiger partial charge in [-0.1, -0.05) is 5.92 Å². The van der Waals surface area contributed by atoms with Gasteiger partial charge in [-0.05, 0) is 19.8 Å². The fourth-order valence-corrected chi connectivity index (χ4v) is 0.844. The minimum Gasteiger partial charge on any atom is -0.384 e. The van der Waals surface area contributed by atoms with Crippen molar-refractivity contribution in [3.05, 3.63) is 23.3 Å². The van der Waals surface area contributed by atoms with E-state index >= 15 is 0 Å². The number of aromatic nitrogens is 2. The molecule has 1 rings (SSSR count). The predicted octanol–water partition coefficient (Wildman–Crippen LogP) is 0.437. The van der Waals surface area contributed by atoms with Crippen LogP contribution in [-0.4, -0.2) is 21.7 Å². The molecular weight excluding hydrogens is 152 g/mol. The minimum atomic E-state index is -0.144. The Morgan fingerprint density at radius 2 is 2.25 bits per heavy atom. The smallest absolute Gasteiger partial charge is 0.134 e. The molecule has 0 aliphatic rings. The Labute approximate surface area is 71.5 Å². The second kappa shape index (κ2) is 3.84. The van der Waals surface area contributed by atoms with Gasteiger partial charge in [0.05, 0.1) is 11.4 Å². The molecule has 1 N–H and O–H groups in total. The first-order valence-electron chi connectivity index (χ1n) is 3.64. The molecule has 0 unspecified atom stereocenters. The van der Waals surface area contributed by atoms with Crippen LogP contribution in [0.2, 0.25) is 0 Å². The number of aliphatic hydroxyl groups is 1. The van der Waals surface area contributed by atoms with E-state index in [1.54, 1.807) is 6.20 Å². The predicted molar refractivity (Wildman–Crippen MR) is 45.5 cm³/mol. The van der Waals surface area contributed by atoms with Gasteiger partial charge in [-0.15, -0.1) is 0 Å². The molecule has 0 amide bonds. The fourth-order valence-electron chi connectivity index (χ4n) is 0.844. The zero-order valence-electron chi connectivity index (χ0n) is 7.13. The lowest BCUT2D eigenvalue weighted by atomic mass is 10.3. The highest BCUT2D eigenvalue weighted by atomic mass is 16.2. The zero-order valence-corrected chi connectivity index (χ0v) is 7.13. The molecule has 0 aliphatic heterocycles. The second-order valence-corrected chi connectivity index (χ2v) is 2.41. The number of nitrogens with zero attached hydrogens (tertiary/aromatic N) is 2. The van der Waals surface area contributed by atoms with Gasteiger partial charge in [0.25, 0.3) is 0 Å². The molecule has 1 heterocycles. The van der Waals surface area contributed by atoms with Gasteiger partial charge in [0.1, 0.15) is 12.3 Å². The minimum absolute atomic E-state index is 0.144. The summed E-state index contributed by atoms with van der Waals surface area (Å²) < 4.78 is 0. The van der Waals surface area contributed by atoms with Crippen LogP contribution in [0.25, 0.3) is 0 Å². The molecule has 0 saturated heterocycles. The molecule has 0 atom stereocenters. The van der Waals surface area contributed by atoms with Gasteiger partial charge in [-0.25, -0.2) is 4.98 Å². The number of aryl methyl sites for hydroxylation is 2. The first kappa shape index (κ1) is 8.69. The normalized spacial score (nSPS) is 8.92. The Balaban J connectivity index is 3.01. The monoisotopic (exact) mass is 162 g/mol. The summed E-state index contributed by atoms with van der Waals surface area (Å²) in [7, 11) is 0. The van der Waals surface area contributed by atoms with Crippen molar-refractivity contribution in [1.29, 1.82) is 0 Å². The highest BCUT2D eigenvalue weighted by Crippen LogP contribution is 1.99. The van der Waals surface area contributed by atoms with Crippen molar-refractivity contribution in [3.8, 4) is 11.8 Å². The van der Waals surface area contributed by atoms with Crippen molar-refractivity contribution in [3.63, 3.8) is 0 Å². The maximum Gasteiger partial charge on any atom is 0.134 e. The van der Waals surface area contributed by atoms with Gasteiger partial charge >= 0.3 is 0 Å². The first-order chi connectivity index (χ1) is 5.74. The maximum absolute atomic E-state index is 8.45. The van der Waals surface area contributed by atoms with Gasteiger partial charge in [-0.2, -0.15) is 0 Å². The van der Waals surface area contributed by atoms with Crippen molar-refractivity contribution in [2.24, 2.45) is 0 Å². The first-order valence-corrected chi connectivity index (χ1v) is 3.64. The maximum atomic E-state index is 8.45. The molecular formula is C9H10N2O. The van der Waals surface area contributed by atoms with Gasteiger partial charge in [0.15, 0.2) is 0 Å². The van der Waals surface area contributed by atoms with E-state index in [9.17, 15) is 0 Å². The van der Waals surface area contributed by atoms with Crippen molar-refractivity contribution < 1.29 is 5.11 Å². The zero-order chi connectivity index (χ0) is 8.97. The highest BCUT2D eigenvalue weighted by molar-refractivity contribution is 5.31. The van der Waals surface area contributed by atoms with Crippen LogP contribution in [0.15, 0.2) is 6.20 Å². The molecule has 0 saturated carbocycles. The average Bonchev–Trinajstić information content (AvgIpc) is 2.03. The number of aliphatic hydroxyl groups excluding tert-OH is 1. The Hall–Kier alpha value is -1.40.